The van der Waals surface area contributed by atoms with E-state index in [9.17, 15) is 0 Å². The molecule has 1 saturated carbocycles. The predicted octanol–water partition coefficient (Wildman–Crippen LogP) is 4.33. The molecule has 0 bridgehead atoms. The van der Waals surface area contributed by atoms with Crippen LogP contribution in [0.25, 0.3) is 0 Å². The zero-order valence-corrected chi connectivity index (χ0v) is 16.5. The van der Waals surface area contributed by atoms with Crippen LogP contribution in [0.2, 0.25) is 0 Å². The third kappa shape index (κ3) is 4.17. The van der Waals surface area contributed by atoms with Gasteiger partial charge in [-0.25, -0.2) is 0 Å². The first kappa shape index (κ1) is 17.7. The maximum atomic E-state index is 5.87. The summed E-state index contributed by atoms with van der Waals surface area (Å²) in [7, 11) is 0. The van der Waals surface area contributed by atoms with Crippen LogP contribution >= 0.6 is 11.8 Å². The summed E-state index contributed by atoms with van der Waals surface area (Å²) in [6, 6.07) is 8.81. The Hall–Kier alpha value is -1.69. The Kier molecular flexibility index (Phi) is 5.38. The van der Waals surface area contributed by atoms with Crippen molar-refractivity contribution < 1.29 is 4.74 Å². The number of benzene rings is 1. The minimum atomic E-state index is 0.597. The largest absolute Gasteiger partial charge is 0.493 e. The molecule has 0 N–H and O–H groups in total. The Morgan fingerprint density at radius 2 is 1.96 bits per heavy atom. The number of thioether (sulfide) groups is 1. The van der Waals surface area contributed by atoms with Crippen molar-refractivity contribution in [1.29, 1.82) is 0 Å². The average Bonchev–Trinajstić information content (AvgIpc) is 3.39. The molecule has 0 radical (unpaired) electrons. The first-order valence-electron chi connectivity index (χ1n) is 9.73. The van der Waals surface area contributed by atoms with E-state index in [0.717, 1.165) is 41.6 Å². The third-order valence-electron chi connectivity index (χ3n) is 5.20. The summed E-state index contributed by atoms with van der Waals surface area (Å²) in [5.41, 5.74) is 1.23. The van der Waals surface area contributed by atoms with Gasteiger partial charge >= 0.3 is 0 Å². The lowest BCUT2D eigenvalue weighted by Gasteiger charge is -2.31. The van der Waals surface area contributed by atoms with Gasteiger partial charge in [-0.2, -0.15) is 0 Å². The zero-order chi connectivity index (χ0) is 17.9. The van der Waals surface area contributed by atoms with E-state index in [-0.39, 0.29) is 0 Å². The normalized spacial score (nSPS) is 18.3. The first-order valence-corrected chi connectivity index (χ1v) is 10.7. The van der Waals surface area contributed by atoms with Crippen molar-refractivity contribution in [3.05, 3.63) is 29.8 Å². The van der Waals surface area contributed by atoms with E-state index in [1.807, 2.05) is 12.1 Å². The number of nitrogens with zero attached hydrogens (tertiary/aromatic N) is 4. The van der Waals surface area contributed by atoms with Gasteiger partial charge in [0.2, 0.25) is 5.95 Å². The summed E-state index contributed by atoms with van der Waals surface area (Å²) in [5.74, 6) is 3.74. The molecule has 26 heavy (non-hydrogen) atoms. The van der Waals surface area contributed by atoms with Gasteiger partial charge in [0.1, 0.15) is 5.75 Å². The zero-order valence-electron chi connectivity index (χ0n) is 15.7. The highest BCUT2D eigenvalue weighted by Gasteiger charge is 2.32. The van der Waals surface area contributed by atoms with Gasteiger partial charge in [-0.1, -0.05) is 30.8 Å². The van der Waals surface area contributed by atoms with Gasteiger partial charge in [0.05, 0.1) is 6.61 Å². The highest BCUT2D eigenvalue weighted by atomic mass is 32.2. The van der Waals surface area contributed by atoms with E-state index in [1.54, 1.807) is 11.8 Å². The second-order valence-corrected chi connectivity index (χ2v) is 8.63. The van der Waals surface area contributed by atoms with Crippen LogP contribution in [-0.2, 0) is 0 Å². The molecule has 2 aliphatic rings. The molecule has 0 spiro atoms. The van der Waals surface area contributed by atoms with Gasteiger partial charge < -0.3 is 9.64 Å². The molecule has 140 valence electrons. The van der Waals surface area contributed by atoms with Gasteiger partial charge in [-0.3, -0.25) is 4.57 Å². The van der Waals surface area contributed by atoms with Crippen molar-refractivity contribution in [2.45, 2.75) is 50.7 Å². The maximum Gasteiger partial charge on any atom is 0.228 e. The van der Waals surface area contributed by atoms with Crippen LogP contribution in [0.5, 0.6) is 5.75 Å². The molecule has 2 fully saturated rings. The topological polar surface area (TPSA) is 43.2 Å². The average molecular weight is 373 g/mol. The highest BCUT2D eigenvalue weighted by Crippen LogP contribution is 2.41. The Morgan fingerprint density at radius 3 is 2.69 bits per heavy atom. The summed E-state index contributed by atoms with van der Waals surface area (Å²) < 4.78 is 8.25. The molecule has 1 aromatic heterocycles. The van der Waals surface area contributed by atoms with E-state index >= 15 is 0 Å². The van der Waals surface area contributed by atoms with Crippen molar-refractivity contribution in [2.24, 2.45) is 5.92 Å². The Labute approximate surface area is 160 Å². The third-order valence-corrected chi connectivity index (χ3v) is 6.11. The first-order chi connectivity index (χ1) is 12.7. The lowest BCUT2D eigenvalue weighted by molar-refractivity contribution is 0.343. The number of anilines is 1. The fourth-order valence-electron chi connectivity index (χ4n) is 3.44. The minimum Gasteiger partial charge on any atom is -0.493 e. The molecule has 2 aromatic rings. The summed E-state index contributed by atoms with van der Waals surface area (Å²) >= 11 is 1.76. The van der Waals surface area contributed by atoms with Gasteiger partial charge in [0, 0.05) is 24.9 Å². The van der Waals surface area contributed by atoms with Crippen LogP contribution in [0, 0.1) is 12.8 Å². The minimum absolute atomic E-state index is 0.597. The Bertz CT molecular complexity index is 735. The van der Waals surface area contributed by atoms with Gasteiger partial charge in [-0.05, 0) is 56.2 Å². The standard InChI is InChI=1S/C20H28N4OS/c1-15-8-10-23(11-9-15)19-21-22-20(24(19)17-6-7-17)26-13-12-25-18-5-3-4-16(2)14-18/h3-5,14-15,17H,6-13H2,1-2H3. The summed E-state index contributed by atoms with van der Waals surface area (Å²) in [6.07, 6.45) is 5.01. The fraction of sp³-hybridized carbons (Fsp3) is 0.600. The van der Waals surface area contributed by atoms with Gasteiger partial charge in [-0.15, -0.1) is 10.2 Å². The van der Waals surface area contributed by atoms with Crippen LogP contribution in [-0.4, -0.2) is 40.2 Å². The number of aryl methyl sites for hydroxylation is 1. The fourth-order valence-corrected chi connectivity index (χ4v) is 4.26. The van der Waals surface area contributed by atoms with Crippen LogP contribution in [0.1, 0.15) is 44.2 Å². The lowest BCUT2D eigenvalue weighted by Crippen LogP contribution is -2.34. The lowest BCUT2D eigenvalue weighted by atomic mass is 10.00. The summed E-state index contributed by atoms with van der Waals surface area (Å²) in [6.45, 7) is 7.32. The van der Waals surface area contributed by atoms with Gasteiger partial charge in [0.15, 0.2) is 5.16 Å². The van der Waals surface area contributed by atoms with Crippen molar-refractivity contribution >= 4 is 17.7 Å². The Morgan fingerprint density at radius 1 is 1.15 bits per heavy atom. The van der Waals surface area contributed by atoms with E-state index in [4.69, 9.17) is 4.74 Å². The quantitative estimate of drug-likeness (QED) is 0.535. The number of hydrogen-bond acceptors (Lipinski definition) is 5. The van der Waals surface area contributed by atoms with Crippen LogP contribution in [0.4, 0.5) is 5.95 Å². The predicted molar refractivity (Wildman–Crippen MR) is 106 cm³/mol. The summed E-state index contributed by atoms with van der Waals surface area (Å²) in [5, 5.41) is 10.1. The molecule has 4 rings (SSSR count). The second-order valence-electron chi connectivity index (χ2n) is 7.57. The second kappa shape index (κ2) is 7.91. The number of ether oxygens (including phenoxy) is 1. The van der Waals surface area contributed by atoms with Crippen molar-refractivity contribution in [3.63, 3.8) is 0 Å². The van der Waals surface area contributed by atoms with Crippen LogP contribution in [0.15, 0.2) is 29.4 Å². The molecule has 0 atom stereocenters. The van der Waals surface area contributed by atoms with E-state index in [0.29, 0.717) is 12.6 Å². The molecule has 1 saturated heterocycles. The molecule has 1 aromatic carbocycles. The van der Waals surface area contributed by atoms with Crippen LogP contribution in [0.3, 0.4) is 0 Å². The van der Waals surface area contributed by atoms with E-state index in [2.05, 4.69) is 45.6 Å². The van der Waals surface area contributed by atoms with E-state index < -0.39 is 0 Å². The maximum absolute atomic E-state index is 5.87. The van der Waals surface area contributed by atoms with E-state index in [1.165, 1.54) is 31.2 Å². The number of piperidine rings is 1. The highest BCUT2D eigenvalue weighted by molar-refractivity contribution is 7.99. The monoisotopic (exact) mass is 372 g/mol. The van der Waals surface area contributed by atoms with Crippen LogP contribution < -0.4 is 9.64 Å². The molecule has 1 aliphatic carbocycles. The Balaban J connectivity index is 1.36. The SMILES string of the molecule is Cc1cccc(OCCSc2nnc(N3CCC(C)CC3)n2C2CC2)c1. The van der Waals surface area contributed by atoms with Crippen molar-refractivity contribution in [1.82, 2.24) is 14.8 Å². The molecule has 0 unspecified atom stereocenters. The van der Waals surface area contributed by atoms with Crippen molar-refractivity contribution in [3.8, 4) is 5.75 Å². The summed E-state index contributed by atoms with van der Waals surface area (Å²) in [4.78, 5) is 2.43. The molecule has 5 nitrogen and oxygen atoms in total. The van der Waals surface area contributed by atoms with Gasteiger partial charge in [0.25, 0.3) is 0 Å². The molecule has 0 amide bonds. The molecule has 2 heterocycles. The number of aromatic nitrogens is 3. The molecular formula is C20H28N4OS. The number of rotatable bonds is 7. The number of hydrogen-bond donors (Lipinski definition) is 0. The smallest absolute Gasteiger partial charge is 0.228 e. The molecular weight excluding hydrogens is 344 g/mol. The van der Waals surface area contributed by atoms with Crippen molar-refractivity contribution in [2.75, 3.05) is 30.3 Å². The molecule has 1 aliphatic heterocycles. The molecule has 6 heteroatoms.